The van der Waals surface area contributed by atoms with Crippen LogP contribution in [-0.4, -0.2) is 18.5 Å². The molecule has 1 atom stereocenters. The topological polar surface area (TPSA) is 46.3 Å². The minimum absolute atomic E-state index is 0.0333. The lowest BCUT2D eigenvalue weighted by molar-refractivity contribution is 0.0985. The highest BCUT2D eigenvalue weighted by molar-refractivity contribution is 6.09. The quantitative estimate of drug-likeness (QED) is 0.923. The van der Waals surface area contributed by atoms with Crippen LogP contribution in [-0.2, 0) is 5.41 Å². The van der Waals surface area contributed by atoms with Crippen molar-refractivity contribution in [2.75, 3.05) is 11.4 Å². The number of hydrogen-bond donors (Lipinski definition) is 1. The Morgan fingerprint density at radius 2 is 1.64 bits per heavy atom. The number of carbonyl (C=O) groups is 1. The molecule has 2 N–H and O–H groups in total. The molecule has 1 aliphatic rings. The predicted octanol–water partition coefficient (Wildman–Crippen LogP) is 3.32. The summed E-state index contributed by atoms with van der Waals surface area (Å²) in [6, 6.07) is 16.0. The van der Waals surface area contributed by atoms with E-state index in [1.165, 1.54) is 0 Å². The van der Waals surface area contributed by atoms with E-state index in [-0.39, 0.29) is 17.4 Å². The normalized spacial score (nSPS) is 17.5. The number of para-hydroxylation sites is 1. The molecular formula is C19H22N2O. The second-order valence-electron chi connectivity index (χ2n) is 6.58. The zero-order valence-electron chi connectivity index (χ0n) is 13.3. The van der Waals surface area contributed by atoms with E-state index in [1.54, 1.807) is 0 Å². The van der Waals surface area contributed by atoms with Crippen LogP contribution in [0.15, 0.2) is 48.5 Å². The van der Waals surface area contributed by atoms with Gasteiger partial charge in [0.2, 0.25) is 0 Å². The van der Waals surface area contributed by atoms with E-state index < -0.39 is 0 Å². The number of rotatable bonds is 2. The first kappa shape index (κ1) is 14.8. The fraction of sp³-hybridized carbons (Fsp3) is 0.316. The lowest BCUT2D eigenvalue weighted by atomic mass is 9.76. The van der Waals surface area contributed by atoms with E-state index >= 15 is 0 Å². The third-order valence-electron chi connectivity index (χ3n) is 4.41. The maximum absolute atomic E-state index is 13.1. The predicted molar refractivity (Wildman–Crippen MR) is 90.3 cm³/mol. The molecule has 3 rings (SSSR count). The van der Waals surface area contributed by atoms with Crippen LogP contribution < -0.4 is 10.6 Å². The van der Waals surface area contributed by atoms with Gasteiger partial charge < -0.3 is 10.6 Å². The van der Waals surface area contributed by atoms with Crippen molar-refractivity contribution in [1.82, 2.24) is 0 Å². The van der Waals surface area contributed by atoms with Gasteiger partial charge in [0.25, 0.3) is 5.91 Å². The maximum atomic E-state index is 13.1. The van der Waals surface area contributed by atoms with Crippen molar-refractivity contribution >= 4 is 11.6 Å². The molecule has 0 radical (unpaired) electrons. The molecule has 1 heterocycles. The minimum Gasteiger partial charge on any atom is -0.326 e. The summed E-state index contributed by atoms with van der Waals surface area (Å²) in [5.74, 6) is 0.0333. The van der Waals surface area contributed by atoms with Gasteiger partial charge in [0.1, 0.15) is 0 Å². The number of fused-ring (bicyclic) bond motifs is 2. The van der Waals surface area contributed by atoms with Crippen LogP contribution in [0.4, 0.5) is 5.69 Å². The fourth-order valence-electron chi connectivity index (χ4n) is 3.32. The Bertz CT molecular complexity index is 719. The highest BCUT2D eigenvalue weighted by atomic mass is 16.2. The van der Waals surface area contributed by atoms with Crippen molar-refractivity contribution in [1.29, 1.82) is 0 Å². The molecule has 0 fully saturated rings. The molecule has 0 aromatic heterocycles. The largest absolute Gasteiger partial charge is 0.326 e. The number of nitrogens with two attached hydrogens (primary N) is 1. The Kier molecular flexibility index (Phi) is 3.53. The van der Waals surface area contributed by atoms with Crippen LogP contribution in [0.2, 0.25) is 0 Å². The van der Waals surface area contributed by atoms with Crippen molar-refractivity contribution < 1.29 is 4.79 Å². The zero-order chi connectivity index (χ0) is 15.9. The molecule has 22 heavy (non-hydrogen) atoms. The maximum Gasteiger partial charge on any atom is 0.258 e. The van der Waals surface area contributed by atoms with E-state index in [0.29, 0.717) is 6.54 Å². The molecule has 0 saturated carbocycles. The van der Waals surface area contributed by atoms with Gasteiger partial charge in [0.05, 0.1) is 0 Å². The van der Waals surface area contributed by atoms with Crippen molar-refractivity contribution in [2.45, 2.75) is 32.2 Å². The third kappa shape index (κ3) is 2.22. The summed E-state index contributed by atoms with van der Waals surface area (Å²) in [6.45, 7) is 6.79. The second-order valence-corrected chi connectivity index (χ2v) is 6.58. The third-order valence-corrected chi connectivity index (χ3v) is 4.41. The van der Waals surface area contributed by atoms with E-state index in [0.717, 1.165) is 22.4 Å². The number of amides is 1. The molecule has 2 aromatic rings. The number of benzene rings is 2. The Balaban J connectivity index is 2.30. The molecule has 0 aliphatic carbocycles. The molecule has 1 aliphatic heterocycles. The Morgan fingerprint density at radius 3 is 2.32 bits per heavy atom. The van der Waals surface area contributed by atoms with Crippen molar-refractivity contribution in [3.8, 4) is 0 Å². The molecule has 0 unspecified atom stereocenters. The van der Waals surface area contributed by atoms with E-state index in [2.05, 4.69) is 26.0 Å². The summed E-state index contributed by atoms with van der Waals surface area (Å²) in [7, 11) is 0. The molecule has 3 heteroatoms. The van der Waals surface area contributed by atoms with Gasteiger partial charge in [-0.25, -0.2) is 0 Å². The van der Waals surface area contributed by atoms with Gasteiger partial charge in [0.15, 0.2) is 0 Å². The van der Waals surface area contributed by atoms with Crippen molar-refractivity contribution in [3.05, 3.63) is 65.2 Å². The van der Waals surface area contributed by atoms with Gasteiger partial charge in [0, 0.05) is 29.3 Å². The molecule has 0 saturated heterocycles. The molecule has 3 nitrogen and oxygen atoms in total. The number of carbonyl (C=O) groups excluding carboxylic acids is 1. The first-order valence-corrected chi connectivity index (χ1v) is 7.69. The second kappa shape index (κ2) is 5.25. The smallest absolute Gasteiger partial charge is 0.258 e. The van der Waals surface area contributed by atoms with Crippen LogP contribution in [0.5, 0.6) is 0 Å². The molecule has 0 spiro atoms. The van der Waals surface area contributed by atoms with Crippen molar-refractivity contribution in [2.24, 2.45) is 5.73 Å². The summed E-state index contributed by atoms with van der Waals surface area (Å²) in [5, 5.41) is 0. The van der Waals surface area contributed by atoms with Crippen LogP contribution in [0, 0.1) is 0 Å². The molecule has 2 aromatic carbocycles. The average Bonchev–Trinajstić information content (AvgIpc) is 2.57. The first-order valence-electron chi connectivity index (χ1n) is 7.69. The first-order chi connectivity index (χ1) is 10.4. The van der Waals surface area contributed by atoms with Gasteiger partial charge in [-0.15, -0.1) is 0 Å². The van der Waals surface area contributed by atoms with Crippen LogP contribution >= 0.6 is 0 Å². The van der Waals surface area contributed by atoms with Gasteiger partial charge in [-0.3, -0.25) is 4.79 Å². The van der Waals surface area contributed by atoms with Crippen molar-refractivity contribution in [3.63, 3.8) is 0 Å². The summed E-state index contributed by atoms with van der Waals surface area (Å²) in [5.41, 5.74) is 9.72. The average molecular weight is 294 g/mol. The molecule has 114 valence electrons. The summed E-state index contributed by atoms with van der Waals surface area (Å²) >= 11 is 0. The molecule has 1 amide bonds. The van der Waals surface area contributed by atoms with Crippen LogP contribution in [0.25, 0.3) is 0 Å². The summed E-state index contributed by atoms with van der Waals surface area (Å²) in [6.07, 6.45) is 0. The summed E-state index contributed by atoms with van der Waals surface area (Å²) < 4.78 is 0. The van der Waals surface area contributed by atoms with Crippen LogP contribution in [0.1, 0.15) is 42.3 Å². The summed E-state index contributed by atoms with van der Waals surface area (Å²) in [4.78, 5) is 14.9. The number of anilines is 1. The lowest BCUT2D eigenvalue weighted by Crippen LogP contribution is -2.40. The number of hydrogen-bond acceptors (Lipinski definition) is 2. The zero-order valence-corrected chi connectivity index (χ0v) is 13.3. The monoisotopic (exact) mass is 294 g/mol. The SMILES string of the molecule is C[C@H](N)CN1C(=O)c2ccccc2C(C)(C)c2ccccc21. The molecule has 0 bridgehead atoms. The van der Waals surface area contributed by atoms with E-state index in [1.807, 2.05) is 48.2 Å². The Morgan fingerprint density at radius 1 is 1.05 bits per heavy atom. The van der Waals surface area contributed by atoms with E-state index in [4.69, 9.17) is 5.73 Å². The standard InChI is InChI=1S/C19H22N2O/c1-13(20)12-21-17-11-7-6-10-16(17)19(2,3)15-9-5-4-8-14(15)18(21)22/h4-11,13H,12,20H2,1-3H3/t13-/m0/s1. The minimum atomic E-state index is -0.227. The highest BCUT2D eigenvalue weighted by Gasteiger charge is 2.36. The Hall–Kier alpha value is -2.13. The van der Waals surface area contributed by atoms with Gasteiger partial charge >= 0.3 is 0 Å². The highest BCUT2D eigenvalue weighted by Crippen LogP contribution is 2.42. The van der Waals surface area contributed by atoms with Gasteiger partial charge in [-0.2, -0.15) is 0 Å². The van der Waals surface area contributed by atoms with Crippen LogP contribution in [0.3, 0.4) is 0 Å². The van der Waals surface area contributed by atoms with Gasteiger partial charge in [-0.05, 0) is 30.2 Å². The van der Waals surface area contributed by atoms with E-state index in [9.17, 15) is 4.79 Å². The molecular weight excluding hydrogens is 272 g/mol. The number of nitrogens with zero attached hydrogens (tertiary/aromatic N) is 1. The fourth-order valence-corrected chi connectivity index (χ4v) is 3.32. The van der Waals surface area contributed by atoms with Gasteiger partial charge in [-0.1, -0.05) is 50.2 Å². The Labute approximate surface area is 131 Å². The lowest BCUT2D eigenvalue weighted by Gasteiger charge is -2.29.